The normalized spacial score (nSPS) is 13.5. The Balaban J connectivity index is 1.47. The smallest absolute Gasteiger partial charge is 0.264 e. The van der Waals surface area contributed by atoms with E-state index in [1.165, 1.54) is 16.4 Å². The first-order valence-corrected chi connectivity index (χ1v) is 13.1. The predicted molar refractivity (Wildman–Crippen MR) is 133 cm³/mol. The van der Waals surface area contributed by atoms with E-state index in [2.05, 4.69) is 15.1 Å². The molecule has 0 amide bonds. The van der Waals surface area contributed by atoms with E-state index in [-0.39, 0.29) is 15.9 Å². The quantitative estimate of drug-likeness (QED) is 0.284. The summed E-state index contributed by atoms with van der Waals surface area (Å²) in [5, 5.41) is 4.57. The molecule has 3 heterocycles. The summed E-state index contributed by atoms with van der Waals surface area (Å²) in [6.07, 6.45) is 2.11. The monoisotopic (exact) mass is 530 g/mol. The van der Waals surface area contributed by atoms with Gasteiger partial charge in [0.15, 0.2) is 5.82 Å². The average molecular weight is 531 g/mol. The van der Waals surface area contributed by atoms with Gasteiger partial charge in [-0.2, -0.15) is 4.98 Å². The van der Waals surface area contributed by atoms with Crippen LogP contribution in [0.15, 0.2) is 64.0 Å². The lowest BCUT2D eigenvalue weighted by Gasteiger charge is -2.30. The molecule has 35 heavy (non-hydrogen) atoms. The van der Waals surface area contributed by atoms with Crippen LogP contribution in [-0.4, -0.2) is 30.1 Å². The predicted octanol–water partition coefficient (Wildman–Crippen LogP) is 5.93. The maximum Gasteiger partial charge on any atom is 0.264 e. The Morgan fingerprint density at radius 2 is 1.86 bits per heavy atom. The third kappa shape index (κ3) is 4.84. The lowest BCUT2D eigenvalue weighted by atomic mass is 10.0. The summed E-state index contributed by atoms with van der Waals surface area (Å²) in [6.45, 7) is 2.28. The minimum absolute atomic E-state index is 0.174. The molecule has 8 nitrogen and oxygen atoms in total. The minimum Gasteiger partial charge on any atom is -0.439 e. The number of halogens is 2. The molecular weight excluding hydrogens is 511 g/mol. The summed E-state index contributed by atoms with van der Waals surface area (Å²) in [5.41, 5.74) is 2.05. The third-order valence-corrected chi connectivity index (χ3v) is 7.83. The minimum atomic E-state index is -3.78. The van der Waals surface area contributed by atoms with Gasteiger partial charge >= 0.3 is 0 Å². The highest BCUT2D eigenvalue weighted by Gasteiger charge is 2.29. The van der Waals surface area contributed by atoms with Crippen molar-refractivity contribution in [3.05, 3.63) is 76.2 Å². The van der Waals surface area contributed by atoms with E-state index in [1.54, 1.807) is 36.4 Å². The first kappa shape index (κ1) is 23.6. The zero-order valence-corrected chi connectivity index (χ0v) is 20.9. The SMILES string of the molecule is CCc1noc(-c2cc(Cl)nc(Oc3ccc4c(c3)N(S(=O)(=O)c3ccc(Cl)cc3)CCC4)c2)n1. The van der Waals surface area contributed by atoms with Gasteiger partial charge < -0.3 is 9.26 Å². The van der Waals surface area contributed by atoms with Crippen LogP contribution < -0.4 is 9.04 Å². The van der Waals surface area contributed by atoms with Crippen LogP contribution in [0.3, 0.4) is 0 Å². The van der Waals surface area contributed by atoms with E-state index in [1.807, 2.05) is 13.0 Å². The van der Waals surface area contributed by atoms with Crippen LogP contribution in [0.4, 0.5) is 5.69 Å². The van der Waals surface area contributed by atoms with Crippen LogP contribution in [0.1, 0.15) is 24.7 Å². The molecule has 4 aromatic rings. The van der Waals surface area contributed by atoms with Crippen molar-refractivity contribution < 1.29 is 17.7 Å². The summed E-state index contributed by atoms with van der Waals surface area (Å²) in [6, 6.07) is 14.7. The number of sulfonamides is 1. The number of hydrogen-bond donors (Lipinski definition) is 0. The number of aryl methyl sites for hydroxylation is 2. The van der Waals surface area contributed by atoms with Crippen LogP contribution in [0.2, 0.25) is 10.2 Å². The number of aromatic nitrogens is 3. The maximum atomic E-state index is 13.4. The topological polar surface area (TPSA) is 98.4 Å². The van der Waals surface area contributed by atoms with Crippen molar-refractivity contribution in [3.8, 4) is 23.1 Å². The molecule has 0 radical (unpaired) electrons. The first-order valence-electron chi connectivity index (χ1n) is 10.9. The van der Waals surface area contributed by atoms with Crippen molar-refractivity contribution in [1.82, 2.24) is 15.1 Å². The van der Waals surface area contributed by atoms with Gasteiger partial charge in [0.25, 0.3) is 15.9 Å². The number of ether oxygens (including phenoxy) is 1. The zero-order valence-electron chi connectivity index (χ0n) is 18.6. The molecule has 2 aromatic heterocycles. The van der Waals surface area contributed by atoms with Gasteiger partial charge in [-0.1, -0.05) is 41.3 Å². The Hall–Kier alpha value is -3.14. The number of anilines is 1. The number of rotatable bonds is 6. The fraction of sp³-hybridized carbons (Fsp3) is 0.208. The lowest BCUT2D eigenvalue weighted by Crippen LogP contribution is -2.35. The van der Waals surface area contributed by atoms with E-state index < -0.39 is 10.0 Å². The van der Waals surface area contributed by atoms with E-state index in [4.69, 9.17) is 32.5 Å². The molecule has 5 rings (SSSR count). The molecule has 0 bridgehead atoms. The van der Waals surface area contributed by atoms with Gasteiger partial charge in [-0.15, -0.1) is 0 Å². The van der Waals surface area contributed by atoms with Gasteiger partial charge in [-0.3, -0.25) is 4.31 Å². The van der Waals surface area contributed by atoms with Gasteiger partial charge in [0.2, 0.25) is 5.88 Å². The summed E-state index contributed by atoms with van der Waals surface area (Å²) in [4.78, 5) is 8.72. The zero-order chi connectivity index (χ0) is 24.6. The highest BCUT2D eigenvalue weighted by molar-refractivity contribution is 7.92. The number of pyridine rings is 1. The number of nitrogens with zero attached hydrogens (tertiary/aromatic N) is 4. The lowest BCUT2D eigenvalue weighted by molar-refractivity contribution is 0.422. The summed E-state index contributed by atoms with van der Waals surface area (Å²) < 4.78 is 39.5. The summed E-state index contributed by atoms with van der Waals surface area (Å²) in [7, 11) is -3.78. The molecule has 0 atom stereocenters. The summed E-state index contributed by atoms with van der Waals surface area (Å²) in [5.74, 6) is 1.52. The van der Waals surface area contributed by atoms with Gasteiger partial charge in [-0.05, 0) is 54.8 Å². The molecule has 0 saturated heterocycles. The second-order valence-electron chi connectivity index (χ2n) is 7.91. The van der Waals surface area contributed by atoms with Crippen molar-refractivity contribution in [1.29, 1.82) is 0 Å². The third-order valence-electron chi connectivity index (χ3n) is 5.56. The number of hydrogen-bond acceptors (Lipinski definition) is 7. The Labute approximate surface area is 212 Å². The van der Waals surface area contributed by atoms with Crippen LogP contribution in [-0.2, 0) is 22.9 Å². The van der Waals surface area contributed by atoms with Crippen molar-refractivity contribution in [2.75, 3.05) is 10.8 Å². The fourth-order valence-electron chi connectivity index (χ4n) is 3.85. The van der Waals surface area contributed by atoms with Crippen molar-refractivity contribution in [3.63, 3.8) is 0 Å². The molecule has 0 unspecified atom stereocenters. The van der Waals surface area contributed by atoms with Gasteiger partial charge in [0, 0.05) is 35.7 Å². The number of fused-ring (bicyclic) bond motifs is 1. The average Bonchev–Trinajstić information content (AvgIpc) is 3.33. The molecule has 2 aromatic carbocycles. The standard InChI is InChI=1S/C24H20Cl2N4O4S/c1-2-22-28-24(34-29-22)16-12-21(26)27-23(13-16)33-18-8-5-15-4-3-11-30(20(15)14-18)35(31,32)19-9-6-17(25)7-10-19/h5-10,12-14H,2-4,11H2,1H3. The molecule has 0 fully saturated rings. The maximum absolute atomic E-state index is 13.4. The Kier molecular flexibility index (Phi) is 6.39. The summed E-state index contributed by atoms with van der Waals surface area (Å²) >= 11 is 12.1. The molecule has 0 aliphatic carbocycles. The molecule has 11 heteroatoms. The molecule has 0 spiro atoms. The Morgan fingerprint density at radius 1 is 1.06 bits per heavy atom. The van der Waals surface area contributed by atoms with Crippen molar-refractivity contribution in [2.45, 2.75) is 31.1 Å². The molecule has 1 aliphatic heterocycles. The fourth-order valence-corrected chi connectivity index (χ4v) is 5.71. The first-order chi connectivity index (χ1) is 16.8. The molecule has 180 valence electrons. The van der Waals surface area contributed by atoms with Crippen molar-refractivity contribution >= 4 is 38.9 Å². The molecular formula is C24H20Cl2N4O4S. The Bertz CT molecular complexity index is 1490. The van der Waals surface area contributed by atoms with Crippen LogP contribution in [0.5, 0.6) is 11.6 Å². The van der Waals surface area contributed by atoms with Crippen LogP contribution in [0.25, 0.3) is 11.5 Å². The molecule has 0 saturated carbocycles. The van der Waals surface area contributed by atoms with Gasteiger partial charge in [0.05, 0.1) is 10.6 Å². The molecule has 1 aliphatic rings. The van der Waals surface area contributed by atoms with Gasteiger partial charge in [-0.25, -0.2) is 13.4 Å². The van der Waals surface area contributed by atoms with E-state index in [0.717, 1.165) is 12.0 Å². The van der Waals surface area contributed by atoms with E-state index >= 15 is 0 Å². The highest BCUT2D eigenvalue weighted by atomic mass is 35.5. The Morgan fingerprint density at radius 3 is 2.60 bits per heavy atom. The number of benzene rings is 2. The molecule has 0 N–H and O–H groups in total. The van der Waals surface area contributed by atoms with E-state index in [9.17, 15) is 8.42 Å². The van der Waals surface area contributed by atoms with Crippen molar-refractivity contribution in [2.24, 2.45) is 0 Å². The van der Waals surface area contributed by atoms with Crippen LogP contribution in [0, 0.1) is 0 Å². The largest absolute Gasteiger partial charge is 0.439 e. The van der Waals surface area contributed by atoms with Crippen LogP contribution >= 0.6 is 23.2 Å². The van der Waals surface area contributed by atoms with Gasteiger partial charge in [0.1, 0.15) is 10.9 Å². The highest BCUT2D eigenvalue weighted by Crippen LogP contribution is 2.36. The second-order valence-corrected chi connectivity index (χ2v) is 10.6. The van der Waals surface area contributed by atoms with E-state index in [0.29, 0.717) is 53.1 Å². The second kappa shape index (κ2) is 9.49.